The predicted molar refractivity (Wildman–Crippen MR) is 124 cm³/mol. The first-order valence-corrected chi connectivity index (χ1v) is 11.3. The summed E-state index contributed by atoms with van der Waals surface area (Å²) in [7, 11) is 0. The predicted octanol–water partition coefficient (Wildman–Crippen LogP) is 3.94. The maximum atomic E-state index is 13.1. The fraction of sp³-hybridized carbons (Fsp3) is 0.346. The van der Waals surface area contributed by atoms with Crippen LogP contribution in [0.1, 0.15) is 42.7 Å². The first-order valence-electron chi connectivity index (χ1n) is 11.3. The van der Waals surface area contributed by atoms with Crippen LogP contribution >= 0.6 is 0 Å². The van der Waals surface area contributed by atoms with E-state index in [9.17, 15) is 19.5 Å². The van der Waals surface area contributed by atoms with Crippen molar-refractivity contribution in [3.05, 3.63) is 72.3 Å². The lowest BCUT2D eigenvalue weighted by Crippen LogP contribution is -2.55. The summed E-state index contributed by atoms with van der Waals surface area (Å²) < 4.78 is 5.56. The summed E-state index contributed by atoms with van der Waals surface area (Å²) >= 11 is 0. The average molecular weight is 449 g/mol. The number of ether oxygens (including phenoxy) is 1. The number of piperidine rings is 1. The molecule has 2 aliphatic rings. The standard InChI is InChI=1S/C26H28N2O5/c1-2-9-22(24(29)28-15-8-7-14-23(28)25(30)31)27-26(32)33-16-21-19-12-5-3-10-17(19)18-11-4-6-13-20(18)21/h2-6,10-13,21-23H,1,7-9,14-16H2,(H,27,32)(H,30,31)/t22?,23-/m0/s1. The molecule has 0 radical (unpaired) electrons. The number of aliphatic carboxylic acids is 1. The molecule has 7 heteroatoms. The molecule has 1 unspecified atom stereocenters. The quantitative estimate of drug-likeness (QED) is 0.626. The summed E-state index contributed by atoms with van der Waals surface area (Å²) in [5.41, 5.74) is 4.46. The lowest BCUT2D eigenvalue weighted by molar-refractivity contribution is -0.152. The molecule has 2 N–H and O–H groups in total. The molecule has 4 rings (SSSR count). The van der Waals surface area contributed by atoms with Gasteiger partial charge in [-0.2, -0.15) is 0 Å². The molecule has 2 aromatic rings. The second-order valence-corrected chi connectivity index (χ2v) is 8.43. The molecule has 1 heterocycles. The van der Waals surface area contributed by atoms with Crippen molar-refractivity contribution in [2.45, 2.75) is 43.7 Å². The Hall–Kier alpha value is -3.61. The lowest BCUT2D eigenvalue weighted by Gasteiger charge is -2.35. The first-order chi connectivity index (χ1) is 16.0. The molecule has 172 valence electrons. The van der Waals surface area contributed by atoms with Gasteiger partial charge in [-0.05, 0) is 47.9 Å². The van der Waals surface area contributed by atoms with Crippen LogP contribution in [0.5, 0.6) is 0 Å². The molecular formula is C26H28N2O5. The number of hydrogen-bond donors (Lipinski definition) is 2. The summed E-state index contributed by atoms with van der Waals surface area (Å²) in [5.74, 6) is -1.53. The fourth-order valence-electron chi connectivity index (χ4n) is 4.82. The fourth-order valence-corrected chi connectivity index (χ4v) is 4.82. The summed E-state index contributed by atoms with van der Waals surface area (Å²) in [6.07, 6.45) is 2.92. The number of carboxylic acids is 1. The van der Waals surface area contributed by atoms with E-state index in [4.69, 9.17) is 4.74 Å². The van der Waals surface area contributed by atoms with Crippen LogP contribution in [-0.4, -0.2) is 53.2 Å². The van der Waals surface area contributed by atoms with Crippen molar-refractivity contribution in [3.63, 3.8) is 0 Å². The third-order valence-corrected chi connectivity index (χ3v) is 6.41. The van der Waals surface area contributed by atoms with Gasteiger partial charge in [0.2, 0.25) is 5.91 Å². The van der Waals surface area contributed by atoms with E-state index in [2.05, 4.69) is 24.0 Å². The van der Waals surface area contributed by atoms with Gasteiger partial charge in [0, 0.05) is 12.5 Å². The molecular weight excluding hydrogens is 420 g/mol. The molecule has 2 amide bonds. The SMILES string of the molecule is C=CCC(NC(=O)OCC1c2ccccc2-c2ccccc21)C(=O)N1CCCC[C@H]1C(=O)O. The second-order valence-electron chi connectivity index (χ2n) is 8.43. The van der Waals surface area contributed by atoms with Gasteiger partial charge in [-0.25, -0.2) is 9.59 Å². The van der Waals surface area contributed by atoms with Crippen molar-refractivity contribution in [1.82, 2.24) is 10.2 Å². The number of amides is 2. The smallest absolute Gasteiger partial charge is 0.407 e. The van der Waals surface area contributed by atoms with Crippen molar-refractivity contribution >= 4 is 18.0 Å². The Balaban J connectivity index is 1.43. The number of carboxylic acid groups (broad SMARTS) is 1. The molecule has 2 aromatic carbocycles. The topological polar surface area (TPSA) is 95.9 Å². The largest absolute Gasteiger partial charge is 0.480 e. The Morgan fingerprint density at radius 2 is 1.73 bits per heavy atom. The monoisotopic (exact) mass is 448 g/mol. The highest BCUT2D eigenvalue weighted by molar-refractivity contribution is 5.89. The number of alkyl carbamates (subject to hydrolysis) is 1. The molecule has 1 saturated heterocycles. The Bertz CT molecular complexity index is 1020. The zero-order chi connectivity index (χ0) is 23.4. The van der Waals surface area contributed by atoms with Crippen LogP contribution in [-0.2, 0) is 14.3 Å². The molecule has 33 heavy (non-hydrogen) atoms. The van der Waals surface area contributed by atoms with Gasteiger partial charge in [-0.15, -0.1) is 6.58 Å². The second kappa shape index (κ2) is 9.90. The van der Waals surface area contributed by atoms with Gasteiger partial charge in [0.25, 0.3) is 0 Å². The highest BCUT2D eigenvalue weighted by Crippen LogP contribution is 2.44. The number of rotatable bonds is 7. The van der Waals surface area contributed by atoms with E-state index >= 15 is 0 Å². The molecule has 1 aliphatic heterocycles. The Kier molecular flexibility index (Phi) is 6.77. The van der Waals surface area contributed by atoms with Crippen LogP contribution in [0.15, 0.2) is 61.2 Å². The molecule has 0 aromatic heterocycles. The van der Waals surface area contributed by atoms with Gasteiger partial charge < -0.3 is 20.1 Å². The summed E-state index contributed by atoms with van der Waals surface area (Å²) in [4.78, 5) is 38.7. The Morgan fingerprint density at radius 3 is 2.33 bits per heavy atom. The van der Waals surface area contributed by atoms with Crippen LogP contribution in [0.25, 0.3) is 11.1 Å². The van der Waals surface area contributed by atoms with Crippen LogP contribution in [0.2, 0.25) is 0 Å². The number of nitrogens with one attached hydrogen (secondary N) is 1. The minimum atomic E-state index is -1.03. The van der Waals surface area contributed by atoms with E-state index in [1.165, 1.54) is 11.0 Å². The molecule has 2 atom stereocenters. The van der Waals surface area contributed by atoms with E-state index in [0.717, 1.165) is 35.1 Å². The number of fused-ring (bicyclic) bond motifs is 3. The third-order valence-electron chi connectivity index (χ3n) is 6.41. The molecule has 0 spiro atoms. The van der Waals surface area contributed by atoms with E-state index in [0.29, 0.717) is 13.0 Å². The maximum Gasteiger partial charge on any atom is 0.407 e. The van der Waals surface area contributed by atoms with Gasteiger partial charge >= 0.3 is 12.1 Å². The number of carbonyl (C=O) groups excluding carboxylic acids is 2. The number of nitrogens with zero attached hydrogens (tertiary/aromatic N) is 1. The van der Waals surface area contributed by atoms with E-state index in [1.54, 1.807) is 0 Å². The van der Waals surface area contributed by atoms with Crippen molar-refractivity contribution < 1.29 is 24.2 Å². The van der Waals surface area contributed by atoms with Crippen LogP contribution in [0, 0.1) is 0 Å². The van der Waals surface area contributed by atoms with Crippen molar-refractivity contribution in [1.29, 1.82) is 0 Å². The van der Waals surface area contributed by atoms with Crippen molar-refractivity contribution in [2.75, 3.05) is 13.2 Å². The van der Waals surface area contributed by atoms with E-state index < -0.39 is 30.1 Å². The zero-order valence-electron chi connectivity index (χ0n) is 18.4. The average Bonchev–Trinajstić information content (AvgIpc) is 3.15. The first kappa shape index (κ1) is 22.6. The minimum Gasteiger partial charge on any atom is -0.480 e. The highest BCUT2D eigenvalue weighted by atomic mass is 16.5. The van der Waals surface area contributed by atoms with Crippen LogP contribution < -0.4 is 5.32 Å². The number of benzene rings is 2. The summed E-state index contributed by atoms with van der Waals surface area (Å²) in [5, 5.41) is 12.1. The number of hydrogen-bond acceptors (Lipinski definition) is 4. The lowest BCUT2D eigenvalue weighted by atomic mass is 9.98. The van der Waals surface area contributed by atoms with Gasteiger partial charge in [0.1, 0.15) is 18.7 Å². The van der Waals surface area contributed by atoms with Gasteiger partial charge in [-0.1, -0.05) is 54.6 Å². The van der Waals surface area contributed by atoms with Crippen molar-refractivity contribution in [3.8, 4) is 11.1 Å². The Labute approximate surface area is 193 Å². The molecule has 1 aliphatic carbocycles. The minimum absolute atomic E-state index is 0.0878. The van der Waals surface area contributed by atoms with E-state index in [-0.39, 0.29) is 18.9 Å². The van der Waals surface area contributed by atoms with E-state index in [1.807, 2.05) is 36.4 Å². The zero-order valence-corrected chi connectivity index (χ0v) is 18.4. The number of likely N-dealkylation sites (tertiary alicyclic amines) is 1. The molecule has 0 saturated carbocycles. The summed E-state index contributed by atoms with van der Waals surface area (Å²) in [6, 6.07) is 14.3. The number of carbonyl (C=O) groups is 3. The third kappa shape index (κ3) is 4.62. The molecule has 7 nitrogen and oxygen atoms in total. The molecule has 1 fully saturated rings. The maximum absolute atomic E-state index is 13.1. The van der Waals surface area contributed by atoms with Gasteiger partial charge in [-0.3, -0.25) is 4.79 Å². The van der Waals surface area contributed by atoms with Gasteiger partial charge in [0.05, 0.1) is 0 Å². The Morgan fingerprint density at radius 1 is 1.09 bits per heavy atom. The van der Waals surface area contributed by atoms with Gasteiger partial charge in [0.15, 0.2) is 0 Å². The highest BCUT2D eigenvalue weighted by Gasteiger charge is 2.36. The normalized spacial score (nSPS) is 18.1. The van der Waals surface area contributed by atoms with Crippen LogP contribution in [0.3, 0.4) is 0 Å². The summed E-state index contributed by atoms with van der Waals surface area (Å²) in [6.45, 7) is 4.16. The van der Waals surface area contributed by atoms with Crippen LogP contribution in [0.4, 0.5) is 4.79 Å². The molecule has 0 bridgehead atoms. The van der Waals surface area contributed by atoms with Crippen molar-refractivity contribution in [2.24, 2.45) is 0 Å².